The second-order valence-corrected chi connectivity index (χ2v) is 7.59. The summed E-state index contributed by atoms with van der Waals surface area (Å²) in [6.45, 7) is 2.36. The van der Waals surface area contributed by atoms with Gasteiger partial charge in [-0.15, -0.1) is 0 Å². The minimum atomic E-state index is -0.353. The number of pyridine rings is 1. The summed E-state index contributed by atoms with van der Waals surface area (Å²) in [6, 6.07) is 11.0. The number of aromatic nitrogens is 3. The van der Waals surface area contributed by atoms with E-state index in [-0.39, 0.29) is 23.6 Å². The van der Waals surface area contributed by atoms with E-state index in [0.717, 1.165) is 11.2 Å². The van der Waals surface area contributed by atoms with Gasteiger partial charge in [-0.05, 0) is 24.3 Å². The number of nitrogens with zero attached hydrogens (tertiary/aromatic N) is 5. The zero-order chi connectivity index (χ0) is 20.7. The van der Waals surface area contributed by atoms with E-state index in [4.69, 9.17) is 16.0 Å². The van der Waals surface area contributed by atoms with E-state index in [2.05, 4.69) is 14.9 Å². The van der Waals surface area contributed by atoms with Crippen LogP contribution in [0.25, 0.3) is 22.1 Å². The van der Waals surface area contributed by atoms with Crippen molar-refractivity contribution in [2.75, 3.05) is 31.1 Å². The zero-order valence-electron chi connectivity index (χ0n) is 16.0. The Labute approximate surface area is 176 Å². The number of fused-ring (bicyclic) bond motifs is 3. The fraction of sp³-hybridized carbons (Fsp3) is 0.238. The number of para-hydroxylation sites is 1. The van der Waals surface area contributed by atoms with Gasteiger partial charge in [-0.1, -0.05) is 23.7 Å². The Hall–Kier alpha value is -3.39. The number of carbonyl (C=O) groups is 1. The van der Waals surface area contributed by atoms with Crippen molar-refractivity contribution in [3.63, 3.8) is 0 Å². The second-order valence-electron chi connectivity index (χ2n) is 7.16. The molecule has 0 saturated carbocycles. The van der Waals surface area contributed by atoms with E-state index < -0.39 is 0 Å². The van der Waals surface area contributed by atoms with Gasteiger partial charge >= 0.3 is 0 Å². The van der Waals surface area contributed by atoms with Crippen LogP contribution in [0.3, 0.4) is 0 Å². The molecule has 9 heteroatoms. The Morgan fingerprint density at radius 3 is 2.63 bits per heavy atom. The molecule has 30 heavy (non-hydrogen) atoms. The van der Waals surface area contributed by atoms with Crippen molar-refractivity contribution in [3.8, 4) is 0 Å². The molecule has 1 saturated heterocycles. The minimum absolute atomic E-state index is 0.0714. The predicted octanol–water partition coefficient (Wildman–Crippen LogP) is 2.54. The largest absolute Gasteiger partial charge is 0.448 e. The Balaban J connectivity index is 1.30. The molecule has 1 amide bonds. The van der Waals surface area contributed by atoms with Gasteiger partial charge in [-0.25, -0.2) is 9.97 Å². The molecule has 1 aromatic carbocycles. The lowest BCUT2D eigenvalue weighted by Gasteiger charge is -2.35. The maximum atomic E-state index is 12.8. The number of benzene rings is 1. The number of furan rings is 1. The van der Waals surface area contributed by atoms with Crippen molar-refractivity contribution < 1.29 is 9.21 Å². The predicted molar refractivity (Wildman–Crippen MR) is 114 cm³/mol. The number of hydrogen-bond donors (Lipinski definition) is 0. The first-order valence-electron chi connectivity index (χ1n) is 9.61. The van der Waals surface area contributed by atoms with Gasteiger partial charge in [0, 0.05) is 37.8 Å². The van der Waals surface area contributed by atoms with Crippen LogP contribution in [-0.4, -0.2) is 51.5 Å². The average molecular weight is 424 g/mol. The van der Waals surface area contributed by atoms with Crippen LogP contribution in [0.15, 0.2) is 58.1 Å². The highest BCUT2D eigenvalue weighted by atomic mass is 35.5. The highest BCUT2D eigenvalue weighted by Gasteiger charge is 2.23. The summed E-state index contributed by atoms with van der Waals surface area (Å²) in [5.41, 5.74) is 0.940. The summed E-state index contributed by atoms with van der Waals surface area (Å²) in [6.07, 6.45) is 3.03. The monoisotopic (exact) mass is 423 g/mol. The summed E-state index contributed by atoms with van der Waals surface area (Å²) in [4.78, 5) is 38.1. The topological polar surface area (TPSA) is 84.5 Å². The molecule has 0 radical (unpaired) electrons. The lowest BCUT2D eigenvalue weighted by molar-refractivity contribution is -0.132. The van der Waals surface area contributed by atoms with Gasteiger partial charge in [-0.2, -0.15) is 0 Å². The minimum Gasteiger partial charge on any atom is -0.448 e. The fourth-order valence-electron chi connectivity index (χ4n) is 3.71. The van der Waals surface area contributed by atoms with Crippen LogP contribution in [0.4, 0.5) is 5.82 Å². The second kappa shape index (κ2) is 7.46. The van der Waals surface area contributed by atoms with Crippen LogP contribution in [0, 0.1) is 0 Å². The fourth-order valence-corrected chi connectivity index (χ4v) is 3.83. The molecule has 0 bridgehead atoms. The van der Waals surface area contributed by atoms with E-state index in [1.54, 1.807) is 23.2 Å². The van der Waals surface area contributed by atoms with Crippen LogP contribution in [-0.2, 0) is 11.3 Å². The molecule has 1 aliphatic heterocycles. The van der Waals surface area contributed by atoms with Gasteiger partial charge in [-0.3, -0.25) is 14.2 Å². The number of anilines is 1. The normalized spacial score (nSPS) is 14.6. The highest BCUT2D eigenvalue weighted by Crippen LogP contribution is 2.24. The lowest BCUT2D eigenvalue weighted by atomic mass is 10.2. The zero-order valence-corrected chi connectivity index (χ0v) is 16.7. The van der Waals surface area contributed by atoms with Crippen molar-refractivity contribution in [1.29, 1.82) is 0 Å². The van der Waals surface area contributed by atoms with Crippen LogP contribution in [0.5, 0.6) is 0 Å². The number of carbonyl (C=O) groups excluding carboxylic acids is 1. The van der Waals surface area contributed by atoms with Gasteiger partial charge in [0.2, 0.25) is 11.5 Å². The van der Waals surface area contributed by atoms with E-state index in [0.29, 0.717) is 42.3 Å². The molecular weight excluding hydrogens is 406 g/mol. The molecular formula is C21H18ClN5O3. The first-order valence-corrected chi connectivity index (χ1v) is 9.99. The molecule has 1 fully saturated rings. The molecule has 3 aromatic heterocycles. The Kier molecular flexibility index (Phi) is 4.63. The summed E-state index contributed by atoms with van der Waals surface area (Å²) in [5.74, 6) is 0.709. The summed E-state index contributed by atoms with van der Waals surface area (Å²) < 4.78 is 6.98. The molecule has 1 aliphatic rings. The number of hydrogen-bond acceptors (Lipinski definition) is 6. The Bertz CT molecular complexity index is 1290. The standard InChI is InChI=1S/C21H18ClN5O3/c22-14-5-6-17(23-11-14)25-7-9-26(10-8-25)18(28)12-27-13-24-19-15-3-1-2-4-16(15)30-20(19)21(27)29/h1-6,11,13H,7-10,12H2. The molecule has 8 nitrogen and oxygen atoms in total. The maximum Gasteiger partial charge on any atom is 0.297 e. The van der Waals surface area contributed by atoms with Gasteiger partial charge in [0.25, 0.3) is 5.56 Å². The number of amides is 1. The SMILES string of the molecule is O=C(Cn1cnc2c(oc3ccccc32)c1=O)N1CCN(c2ccc(Cl)cn2)CC1. The molecule has 0 N–H and O–H groups in total. The van der Waals surface area contributed by atoms with Crippen LogP contribution >= 0.6 is 11.6 Å². The summed E-state index contributed by atoms with van der Waals surface area (Å²) >= 11 is 5.89. The molecule has 5 rings (SSSR count). The average Bonchev–Trinajstić information content (AvgIpc) is 3.16. The molecule has 4 aromatic rings. The smallest absolute Gasteiger partial charge is 0.297 e. The van der Waals surface area contributed by atoms with Crippen molar-refractivity contribution in [3.05, 3.63) is 64.3 Å². The maximum absolute atomic E-state index is 12.8. The highest BCUT2D eigenvalue weighted by molar-refractivity contribution is 6.30. The van der Waals surface area contributed by atoms with Crippen molar-refractivity contribution >= 4 is 45.4 Å². The summed E-state index contributed by atoms with van der Waals surface area (Å²) in [7, 11) is 0. The van der Waals surface area contributed by atoms with E-state index >= 15 is 0 Å². The Morgan fingerprint density at radius 2 is 1.87 bits per heavy atom. The van der Waals surface area contributed by atoms with Crippen molar-refractivity contribution in [2.24, 2.45) is 0 Å². The van der Waals surface area contributed by atoms with Gasteiger partial charge in [0.15, 0.2) is 0 Å². The van der Waals surface area contributed by atoms with Crippen molar-refractivity contribution in [2.45, 2.75) is 6.54 Å². The molecule has 0 spiro atoms. The van der Waals surface area contributed by atoms with E-state index in [1.807, 2.05) is 24.3 Å². The third kappa shape index (κ3) is 3.29. The van der Waals surface area contributed by atoms with Crippen LogP contribution in [0.1, 0.15) is 0 Å². The first-order chi connectivity index (χ1) is 14.6. The quantitative estimate of drug-likeness (QED) is 0.503. The molecule has 0 unspecified atom stereocenters. The summed E-state index contributed by atoms with van der Waals surface area (Å²) in [5, 5.41) is 1.38. The molecule has 0 aliphatic carbocycles. The van der Waals surface area contributed by atoms with Crippen LogP contribution < -0.4 is 10.5 Å². The molecule has 4 heterocycles. The molecule has 152 valence electrons. The van der Waals surface area contributed by atoms with Crippen molar-refractivity contribution in [1.82, 2.24) is 19.4 Å². The van der Waals surface area contributed by atoms with E-state index in [1.165, 1.54) is 10.9 Å². The van der Waals surface area contributed by atoms with Gasteiger partial charge in [0.05, 0.1) is 11.3 Å². The number of piperazine rings is 1. The van der Waals surface area contributed by atoms with Gasteiger partial charge < -0.3 is 14.2 Å². The third-order valence-corrected chi connectivity index (χ3v) is 5.55. The first kappa shape index (κ1) is 18.6. The van der Waals surface area contributed by atoms with Crippen LogP contribution in [0.2, 0.25) is 5.02 Å². The Morgan fingerprint density at radius 1 is 1.07 bits per heavy atom. The lowest BCUT2D eigenvalue weighted by Crippen LogP contribution is -2.50. The third-order valence-electron chi connectivity index (χ3n) is 5.32. The van der Waals surface area contributed by atoms with E-state index in [9.17, 15) is 9.59 Å². The van der Waals surface area contributed by atoms with Gasteiger partial charge in [0.1, 0.15) is 23.5 Å². The number of halogens is 1. The number of rotatable bonds is 3. The molecule has 0 atom stereocenters.